The number of rotatable bonds is 5. The molecule has 1 heterocycles. The molecule has 0 atom stereocenters. The van der Waals surface area contributed by atoms with E-state index in [-0.39, 0.29) is 12.2 Å². The summed E-state index contributed by atoms with van der Waals surface area (Å²) in [6, 6.07) is 12.6. The lowest BCUT2D eigenvalue weighted by Crippen LogP contribution is -2.17. The average molecular weight is 383 g/mol. The van der Waals surface area contributed by atoms with Crippen LogP contribution in [0.15, 0.2) is 47.4 Å². The molecule has 2 aromatic carbocycles. The molecule has 0 bridgehead atoms. The molecule has 2 aromatic rings. The van der Waals surface area contributed by atoms with Gasteiger partial charge in [0.05, 0.1) is 18.4 Å². The summed E-state index contributed by atoms with van der Waals surface area (Å²) in [4.78, 5) is 35.3. The molecule has 3 rings (SSSR count). The van der Waals surface area contributed by atoms with Crippen molar-refractivity contribution in [3.63, 3.8) is 0 Å². The number of imide groups is 1. The predicted octanol–water partition coefficient (Wildman–Crippen LogP) is 3.48. The molecular formula is C20H17NO5S. The van der Waals surface area contributed by atoms with Crippen molar-refractivity contribution >= 4 is 35.0 Å². The van der Waals surface area contributed by atoms with E-state index in [0.717, 1.165) is 22.9 Å². The minimum Gasteiger partial charge on any atom is -0.493 e. The third-order valence-corrected chi connectivity index (χ3v) is 4.63. The van der Waals surface area contributed by atoms with Crippen LogP contribution in [0.25, 0.3) is 6.08 Å². The number of hydrogen-bond donors (Lipinski definition) is 1. The first kappa shape index (κ1) is 18.7. The van der Waals surface area contributed by atoms with Gasteiger partial charge in [0.25, 0.3) is 11.1 Å². The van der Waals surface area contributed by atoms with E-state index in [0.29, 0.717) is 16.2 Å². The minimum absolute atomic E-state index is 0.147. The highest BCUT2D eigenvalue weighted by Gasteiger charge is 2.25. The van der Waals surface area contributed by atoms with Crippen molar-refractivity contribution in [1.29, 1.82) is 0 Å². The number of methoxy groups -OCH3 is 1. The van der Waals surface area contributed by atoms with Crippen molar-refractivity contribution in [2.45, 2.75) is 13.3 Å². The first-order valence-corrected chi connectivity index (χ1v) is 8.95. The third kappa shape index (κ3) is 4.77. The topological polar surface area (TPSA) is 81.7 Å². The second-order valence-corrected chi connectivity index (χ2v) is 6.91. The van der Waals surface area contributed by atoms with Crippen molar-refractivity contribution < 1.29 is 23.9 Å². The highest BCUT2D eigenvalue weighted by molar-refractivity contribution is 8.18. The van der Waals surface area contributed by atoms with E-state index < -0.39 is 17.1 Å². The molecular weight excluding hydrogens is 366 g/mol. The standard InChI is InChI=1S/C20H17NO5S/c1-12-3-5-13(6-4-12)11-18(22)26-15-8-7-14(9-16(15)25-2)10-17-19(23)21-20(24)27-17/h3-10H,11H2,1-2H3,(H,21,23,24). The minimum atomic E-state index is -0.433. The number of nitrogens with one attached hydrogen (secondary N) is 1. The summed E-state index contributed by atoms with van der Waals surface area (Å²) in [6.07, 6.45) is 1.72. The van der Waals surface area contributed by atoms with Gasteiger partial charge in [0.1, 0.15) is 0 Å². The lowest BCUT2D eigenvalue weighted by atomic mass is 10.1. The molecule has 0 aromatic heterocycles. The number of esters is 1. The monoisotopic (exact) mass is 383 g/mol. The van der Waals surface area contributed by atoms with Crippen LogP contribution in [-0.4, -0.2) is 24.2 Å². The molecule has 27 heavy (non-hydrogen) atoms. The Labute approximate surface area is 160 Å². The van der Waals surface area contributed by atoms with Gasteiger partial charge in [-0.15, -0.1) is 0 Å². The Hall–Kier alpha value is -3.06. The number of amides is 2. The van der Waals surface area contributed by atoms with Crippen LogP contribution in [-0.2, 0) is 16.0 Å². The summed E-state index contributed by atoms with van der Waals surface area (Å²) < 4.78 is 10.7. The number of carbonyl (C=O) groups is 3. The van der Waals surface area contributed by atoms with E-state index in [9.17, 15) is 14.4 Å². The van der Waals surface area contributed by atoms with Gasteiger partial charge in [0, 0.05) is 0 Å². The molecule has 1 aliphatic rings. The fraction of sp³-hybridized carbons (Fsp3) is 0.150. The van der Waals surface area contributed by atoms with Crippen LogP contribution in [0.4, 0.5) is 4.79 Å². The summed E-state index contributed by atoms with van der Waals surface area (Å²) in [5, 5.41) is 1.79. The van der Waals surface area contributed by atoms with Gasteiger partial charge in [0.2, 0.25) is 0 Å². The second kappa shape index (κ2) is 8.09. The summed E-state index contributed by atoms with van der Waals surface area (Å²) >= 11 is 0.834. The van der Waals surface area contributed by atoms with Gasteiger partial charge in [-0.25, -0.2) is 0 Å². The Morgan fingerprint density at radius 3 is 2.48 bits per heavy atom. The molecule has 0 radical (unpaired) electrons. The van der Waals surface area contributed by atoms with Crippen molar-refractivity contribution in [2.24, 2.45) is 0 Å². The molecule has 138 valence electrons. The van der Waals surface area contributed by atoms with E-state index in [1.807, 2.05) is 31.2 Å². The summed E-state index contributed by atoms with van der Waals surface area (Å²) in [7, 11) is 1.46. The van der Waals surface area contributed by atoms with Crippen LogP contribution in [0.3, 0.4) is 0 Å². The number of aryl methyl sites for hydroxylation is 1. The van der Waals surface area contributed by atoms with Crippen molar-refractivity contribution in [3.05, 3.63) is 64.1 Å². The first-order valence-electron chi connectivity index (χ1n) is 8.14. The van der Waals surface area contributed by atoms with Crippen molar-refractivity contribution in [3.8, 4) is 11.5 Å². The number of thioether (sulfide) groups is 1. The fourth-order valence-corrected chi connectivity index (χ4v) is 3.14. The molecule has 2 amide bonds. The van der Waals surface area contributed by atoms with E-state index >= 15 is 0 Å². The van der Waals surface area contributed by atoms with Crippen molar-refractivity contribution in [2.75, 3.05) is 7.11 Å². The van der Waals surface area contributed by atoms with E-state index in [1.165, 1.54) is 7.11 Å². The van der Waals surface area contributed by atoms with Gasteiger partial charge in [-0.3, -0.25) is 19.7 Å². The number of hydrogen-bond acceptors (Lipinski definition) is 6. The van der Waals surface area contributed by atoms with E-state index in [2.05, 4.69) is 5.32 Å². The van der Waals surface area contributed by atoms with E-state index in [1.54, 1.807) is 24.3 Å². The first-order chi connectivity index (χ1) is 12.9. The summed E-state index contributed by atoms with van der Waals surface area (Å²) in [5.41, 5.74) is 2.63. The average Bonchev–Trinajstić information content (AvgIpc) is 2.95. The van der Waals surface area contributed by atoms with Gasteiger partial charge in [-0.1, -0.05) is 35.9 Å². The summed E-state index contributed by atoms with van der Waals surface area (Å²) in [5.74, 6) is -0.190. The lowest BCUT2D eigenvalue weighted by Gasteiger charge is -2.10. The van der Waals surface area contributed by atoms with Crippen LogP contribution in [0, 0.1) is 6.92 Å². The maximum atomic E-state index is 12.2. The van der Waals surface area contributed by atoms with Crippen LogP contribution in [0.1, 0.15) is 16.7 Å². The normalized spacial score (nSPS) is 15.0. The Balaban J connectivity index is 1.73. The number of benzene rings is 2. The lowest BCUT2D eigenvalue weighted by molar-refractivity contribution is -0.133. The zero-order valence-corrected chi connectivity index (χ0v) is 15.6. The Morgan fingerprint density at radius 1 is 1.11 bits per heavy atom. The van der Waals surface area contributed by atoms with Crippen LogP contribution >= 0.6 is 11.8 Å². The Bertz CT molecular complexity index is 934. The van der Waals surface area contributed by atoms with Crippen molar-refractivity contribution in [1.82, 2.24) is 5.32 Å². The maximum Gasteiger partial charge on any atom is 0.315 e. The van der Waals surface area contributed by atoms with Gasteiger partial charge in [-0.05, 0) is 48.0 Å². The molecule has 7 heteroatoms. The molecule has 0 unspecified atom stereocenters. The summed E-state index contributed by atoms with van der Waals surface area (Å²) in [6.45, 7) is 1.98. The second-order valence-electron chi connectivity index (χ2n) is 5.90. The zero-order valence-electron chi connectivity index (χ0n) is 14.8. The predicted molar refractivity (Wildman–Crippen MR) is 103 cm³/mol. The van der Waals surface area contributed by atoms with E-state index in [4.69, 9.17) is 9.47 Å². The van der Waals surface area contributed by atoms with Gasteiger partial charge >= 0.3 is 5.97 Å². The number of ether oxygens (including phenoxy) is 2. The molecule has 0 spiro atoms. The largest absolute Gasteiger partial charge is 0.493 e. The number of carbonyl (C=O) groups excluding carboxylic acids is 3. The molecule has 1 N–H and O–H groups in total. The Kier molecular flexibility index (Phi) is 5.61. The molecule has 1 aliphatic heterocycles. The quantitative estimate of drug-likeness (QED) is 0.484. The smallest absolute Gasteiger partial charge is 0.315 e. The SMILES string of the molecule is COc1cc(C=C2SC(=O)NC2=O)ccc1OC(=O)Cc1ccc(C)cc1. The Morgan fingerprint density at radius 2 is 1.85 bits per heavy atom. The van der Waals surface area contributed by atoms with Gasteiger partial charge in [-0.2, -0.15) is 0 Å². The molecule has 0 aliphatic carbocycles. The third-order valence-electron chi connectivity index (χ3n) is 3.82. The van der Waals surface area contributed by atoms with Crippen LogP contribution < -0.4 is 14.8 Å². The van der Waals surface area contributed by atoms with Crippen LogP contribution in [0.2, 0.25) is 0 Å². The zero-order chi connectivity index (χ0) is 19.4. The molecule has 1 fully saturated rings. The highest BCUT2D eigenvalue weighted by atomic mass is 32.2. The van der Waals surface area contributed by atoms with Gasteiger partial charge in [0.15, 0.2) is 11.5 Å². The maximum absolute atomic E-state index is 12.2. The molecule has 0 saturated carbocycles. The molecule has 1 saturated heterocycles. The van der Waals surface area contributed by atoms with Crippen LogP contribution in [0.5, 0.6) is 11.5 Å². The molecule has 6 nitrogen and oxygen atoms in total. The van der Waals surface area contributed by atoms with Gasteiger partial charge < -0.3 is 9.47 Å². The fourth-order valence-electron chi connectivity index (χ4n) is 2.46. The highest BCUT2D eigenvalue weighted by Crippen LogP contribution is 2.31.